The molecule has 2 aliphatic carbocycles. The SMILES string of the molecule is OCCCN1CCCCC1c1cccc(C2=C3CCC(C3)C2)c1. The van der Waals surface area contributed by atoms with Gasteiger partial charge < -0.3 is 5.11 Å². The maximum Gasteiger partial charge on any atom is 0.0443 e. The lowest BCUT2D eigenvalue weighted by molar-refractivity contribution is 0.135. The Morgan fingerprint density at radius 1 is 1.13 bits per heavy atom. The smallest absolute Gasteiger partial charge is 0.0443 e. The molecule has 2 fully saturated rings. The second kappa shape index (κ2) is 6.78. The normalized spacial score (nSPS) is 27.9. The van der Waals surface area contributed by atoms with E-state index < -0.39 is 0 Å². The van der Waals surface area contributed by atoms with Gasteiger partial charge in [-0.1, -0.05) is 30.2 Å². The zero-order valence-corrected chi connectivity index (χ0v) is 14.1. The summed E-state index contributed by atoms with van der Waals surface area (Å²) in [6.07, 6.45) is 10.3. The third-order valence-corrected chi connectivity index (χ3v) is 6.15. The van der Waals surface area contributed by atoms with E-state index in [0.29, 0.717) is 12.6 Å². The molecule has 2 bridgehead atoms. The van der Waals surface area contributed by atoms with Crippen molar-refractivity contribution in [3.05, 3.63) is 41.0 Å². The Hall–Kier alpha value is -1.12. The van der Waals surface area contributed by atoms with Crippen LogP contribution in [0.2, 0.25) is 0 Å². The number of piperidine rings is 1. The predicted molar refractivity (Wildman–Crippen MR) is 95.2 cm³/mol. The van der Waals surface area contributed by atoms with Gasteiger partial charge in [-0.25, -0.2) is 0 Å². The molecule has 1 saturated carbocycles. The van der Waals surface area contributed by atoms with Gasteiger partial charge in [-0.05, 0) is 80.2 Å². The van der Waals surface area contributed by atoms with Crippen LogP contribution in [0, 0.1) is 5.92 Å². The first-order chi connectivity index (χ1) is 11.3. The fourth-order valence-corrected chi connectivity index (χ4v) is 4.98. The van der Waals surface area contributed by atoms with E-state index in [1.165, 1.54) is 62.6 Å². The first-order valence-corrected chi connectivity index (χ1v) is 9.51. The van der Waals surface area contributed by atoms with E-state index in [-0.39, 0.29) is 0 Å². The van der Waals surface area contributed by atoms with Crippen molar-refractivity contribution in [2.24, 2.45) is 5.92 Å². The summed E-state index contributed by atoms with van der Waals surface area (Å²) in [7, 11) is 0. The van der Waals surface area contributed by atoms with E-state index in [0.717, 1.165) is 18.9 Å². The molecule has 2 nitrogen and oxygen atoms in total. The molecule has 1 aromatic rings. The number of allylic oxidation sites excluding steroid dienone is 2. The highest BCUT2D eigenvalue weighted by Gasteiger charge is 2.31. The topological polar surface area (TPSA) is 23.5 Å². The van der Waals surface area contributed by atoms with Gasteiger partial charge in [0.2, 0.25) is 0 Å². The summed E-state index contributed by atoms with van der Waals surface area (Å²) >= 11 is 0. The Labute approximate surface area is 140 Å². The van der Waals surface area contributed by atoms with Crippen LogP contribution >= 0.6 is 0 Å². The summed E-state index contributed by atoms with van der Waals surface area (Å²) in [5, 5.41) is 9.17. The minimum atomic E-state index is 0.306. The van der Waals surface area contributed by atoms with Crippen LogP contribution in [0.25, 0.3) is 5.57 Å². The number of benzene rings is 1. The number of aliphatic hydroxyl groups is 1. The Bertz CT molecular complexity index is 591. The Kier molecular flexibility index (Phi) is 4.54. The van der Waals surface area contributed by atoms with E-state index in [1.54, 1.807) is 11.1 Å². The van der Waals surface area contributed by atoms with Gasteiger partial charge in [0, 0.05) is 19.2 Å². The molecule has 2 atom stereocenters. The first kappa shape index (κ1) is 15.4. The maximum absolute atomic E-state index is 9.17. The van der Waals surface area contributed by atoms with Gasteiger partial charge in [0.05, 0.1) is 0 Å². The largest absolute Gasteiger partial charge is 0.396 e. The summed E-state index contributed by atoms with van der Waals surface area (Å²) in [4.78, 5) is 2.59. The zero-order chi connectivity index (χ0) is 15.6. The maximum atomic E-state index is 9.17. The number of fused-ring (bicyclic) bond motifs is 2. The molecule has 1 heterocycles. The molecule has 0 spiro atoms. The van der Waals surface area contributed by atoms with Crippen molar-refractivity contribution in [3.8, 4) is 0 Å². The predicted octanol–water partition coefficient (Wildman–Crippen LogP) is 4.55. The Balaban J connectivity index is 1.57. The monoisotopic (exact) mass is 311 g/mol. The van der Waals surface area contributed by atoms with Crippen LogP contribution in [-0.4, -0.2) is 29.7 Å². The Morgan fingerprint density at radius 2 is 2.09 bits per heavy atom. The number of aliphatic hydroxyl groups excluding tert-OH is 1. The molecular weight excluding hydrogens is 282 g/mol. The lowest BCUT2D eigenvalue weighted by Crippen LogP contribution is -2.34. The Morgan fingerprint density at radius 3 is 2.87 bits per heavy atom. The molecule has 1 saturated heterocycles. The van der Waals surface area contributed by atoms with Crippen molar-refractivity contribution in [2.75, 3.05) is 19.7 Å². The van der Waals surface area contributed by atoms with Crippen LogP contribution in [0.15, 0.2) is 29.8 Å². The molecule has 0 aromatic heterocycles. The van der Waals surface area contributed by atoms with Gasteiger partial charge in [0.1, 0.15) is 0 Å². The van der Waals surface area contributed by atoms with E-state index in [9.17, 15) is 0 Å². The molecule has 1 aromatic carbocycles. The van der Waals surface area contributed by atoms with E-state index in [2.05, 4.69) is 29.2 Å². The molecule has 1 N–H and O–H groups in total. The number of nitrogens with zero attached hydrogens (tertiary/aromatic N) is 1. The van der Waals surface area contributed by atoms with Crippen LogP contribution < -0.4 is 0 Å². The molecule has 4 rings (SSSR count). The number of hydrogen-bond acceptors (Lipinski definition) is 2. The van der Waals surface area contributed by atoms with Crippen LogP contribution in [-0.2, 0) is 0 Å². The van der Waals surface area contributed by atoms with Crippen molar-refractivity contribution < 1.29 is 5.11 Å². The molecule has 0 amide bonds. The lowest BCUT2D eigenvalue weighted by Gasteiger charge is -2.36. The number of likely N-dealkylation sites (tertiary alicyclic amines) is 1. The first-order valence-electron chi connectivity index (χ1n) is 9.51. The summed E-state index contributed by atoms with van der Waals surface area (Å²) in [5.41, 5.74) is 6.40. The van der Waals surface area contributed by atoms with Crippen molar-refractivity contribution in [3.63, 3.8) is 0 Å². The molecule has 1 aliphatic heterocycles. The highest BCUT2D eigenvalue weighted by atomic mass is 16.3. The van der Waals surface area contributed by atoms with Gasteiger partial charge in [-0.2, -0.15) is 0 Å². The van der Waals surface area contributed by atoms with Crippen LogP contribution in [0.3, 0.4) is 0 Å². The van der Waals surface area contributed by atoms with Gasteiger partial charge in [-0.15, -0.1) is 0 Å². The molecule has 3 aliphatic rings. The lowest BCUT2D eigenvalue weighted by atomic mass is 9.89. The van der Waals surface area contributed by atoms with Crippen molar-refractivity contribution >= 4 is 5.57 Å². The van der Waals surface area contributed by atoms with Crippen molar-refractivity contribution in [1.82, 2.24) is 4.90 Å². The second-order valence-electron chi connectivity index (χ2n) is 7.65. The van der Waals surface area contributed by atoms with Gasteiger partial charge in [0.25, 0.3) is 0 Å². The molecule has 0 radical (unpaired) electrons. The van der Waals surface area contributed by atoms with Gasteiger partial charge in [0.15, 0.2) is 0 Å². The fourth-order valence-electron chi connectivity index (χ4n) is 4.98. The average molecular weight is 311 g/mol. The minimum absolute atomic E-state index is 0.306. The van der Waals surface area contributed by atoms with Crippen molar-refractivity contribution in [2.45, 2.75) is 57.4 Å². The number of hydrogen-bond donors (Lipinski definition) is 1. The molecule has 2 heteroatoms. The van der Waals surface area contributed by atoms with E-state index in [1.807, 2.05) is 0 Å². The second-order valence-corrected chi connectivity index (χ2v) is 7.65. The van der Waals surface area contributed by atoms with E-state index in [4.69, 9.17) is 5.11 Å². The third kappa shape index (κ3) is 3.12. The highest BCUT2D eigenvalue weighted by Crippen LogP contribution is 2.48. The highest BCUT2D eigenvalue weighted by molar-refractivity contribution is 5.72. The fraction of sp³-hybridized carbons (Fsp3) is 0.619. The number of rotatable bonds is 5. The standard InChI is InChI=1S/C21H29NO/c23-12-4-11-22-10-2-1-7-21(22)19-6-3-5-17(15-19)20-14-16-8-9-18(20)13-16/h3,5-6,15-16,21,23H,1-2,4,7-14H2. The minimum Gasteiger partial charge on any atom is -0.396 e. The van der Waals surface area contributed by atoms with Crippen LogP contribution in [0.4, 0.5) is 0 Å². The molecule has 23 heavy (non-hydrogen) atoms. The summed E-state index contributed by atoms with van der Waals surface area (Å²) < 4.78 is 0. The summed E-state index contributed by atoms with van der Waals surface area (Å²) in [5.74, 6) is 0.944. The zero-order valence-electron chi connectivity index (χ0n) is 14.1. The van der Waals surface area contributed by atoms with Gasteiger partial charge >= 0.3 is 0 Å². The summed E-state index contributed by atoms with van der Waals surface area (Å²) in [6.45, 7) is 2.52. The van der Waals surface area contributed by atoms with E-state index >= 15 is 0 Å². The molecular formula is C21H29NO. The van der Waals surface area contributed by atoms with Crippen molar-refractivity contribution in [1.29, 1.82) is 0 Å². The summed E-state index contributed by atoms with van der Waals surface area (Å²) in [6, 6.07) is 9.95. The molecule has 2 unspecified atom stereocenters. The third-order valence-electron chi connectivity index (χ3n) is 6.15. The van der Waals surface area contributed by atoms with Crippen LogP contribution in [0.1, 0.15) is 68.5 Å². The quantitative estimate of drug-likeness (QED) is 0.862. The molecule has 124 valence electrons. The average Bonchev–Trinajstić information content (AvgIpc) is 3.24. The van der Waals surface area contributed by atoms with Gasteiger partial charge in [-0.3, -0.25) is 4.90 Å². The van der Waals surface area contributed by atoms with Crippen LogP contribution in [0.5, 0.6) is 0 Å².